The molecule has 0 saturated carbocycles. The number of hydrogen-bond acceptors (Lipinski definition) is 3. The summed E-state index contributed by atoms with van der Waals surface area (Å²) in [5.74, 6) is 0. The normalized spacial score (nSPS) is 33.3. The predicted octanol–water partition coefficient (Wildman–Crippen LogP) is -1.07. The molecule has 1 aliphatic heterocycles. The van der Waals surface area contributed by atoms with Gasteiger partial charge in [0.2, 0.25) is 0 Å². The third-order valence-corrected chi connectivity index (χ3v) is 1.92. The van der Waals surface area contributed by atoms with E-state index in [9.17, 15) is 9.18 Å². The van der Waals surface area contributed by atoms with Crippen LogP contribution in [0.4, 0.5) is 4.39 Å². The van der Waals surface area contributed by atoms with Crippen LogP contribution in [0.25, 0.3) is 0 Å². The summed E-state index contributed by atoms with van der Waals surface area (Å²) in [6.45, 7) is 0.792. The van der Waals surface area contributed by atoms with Crippen LogP contribution >= 0.6 is 0 Å². The van der Waals surface area contributed by atoms with Crippen molar-refractivity contribution in [2.75, 3.05) is 13.1 Å². The zero-order valence-corrected chi connectivity index (χ0v) is 6.24. The van der Waals surface area contributed by atoms with Gasteiger partial charge in [-0.2, -0.15) is 0 Å². The first-order chi connectivity index (χ1) is 5.24. The number of nitrogens with zero attached hydrogens (tertiary/aromatic N) is 1. The molecular weight excluding hydrogens is 148 g/mol. The second kappa shape index (κ2) is 3.83. The number of carbonyl (C=O) groups is 1. The average molecular weight is 159 g/mol. The zero-order chi connectivity index (χ0) is 8.27. The number of aliphatic hydroxyl groups excluding tert-OH is 1. The van der Waals surface area contributed by atoms with Gasteiger partial charge in [0.1, 0.15) is 6.17 Å². The smallest absolute Gasteiger partial charge is 0.281 e. The topological polar surface area (TPSA) is 40.5 Å². The first-order valence-electron chi connectivity index (χ1n) is 3.72. The molecule has 1 rings (SSSR count). The van der Waals surface area contributed by atoms with Crippen molar-refractivity contribution in [1.82, 2.24) is 4.81 Å². The summed E-state index contributed by atoms with van der Waals surface area (Å²) in [7, 11) is 0.271. The summed E-state index contributed by atoms with van der Waals surface area (Å²) in [4.78, 5) is 11.7. The Kier molecular flexibility index (Phi) is 3.02. The Hall–Kier alpha value is -0.415. The Bertz CT molecular complexity index is 147. The quantitative estimate of drug-likeness (QED) is 0.412. The molecule has 1 fully saturated rings. The molecule has 11 heavy (non-hydrogen) atoms. The molecule has 0 unspecified atom stereocenters. The number of rotatable bonds is 2. The van der Waals surface area contributed by atoms with Crippen molar-refractivity contribution in [2.24, 2.45) is 0 Å². The fourth-order valence-corrected chi connectivity index (χ4v) is 1.23. The van der Waals surface area contributed by atoms with E-state index in [0.717, 1.165) is 6.19 Å². The molecule has 0 amide bonds. The number of carbonyl (C=O) groups excluding carboxylic acids is 1. The molecule has 2 atom stereocenters. The van der Waals surface area contributed by atoms with Gasteiger partial charge in [0.15, 0.2) is 0 Å². The molecular formula is C6H11BFNO2. The van der Waals surface area contributed by atoms with Crippen molar-refractivity contribution in [1.29, 1.82) is 0 Å². The number of aliphatic hydroxyl groups is 1. The Morgan fingerprint density at radius 2 is 2.45 bits per heavy atom. The lowest BCUT2D eigenvalue weighted by atomic mass is 9.90. The lowest BCUT2D eigenvalue weighted by Crippen LogP contribution is -2.46. The number of piperidine rings is 1. The van der Waals surface area contributed by atoms with E-state index in [0.29, 0.717) is 13.0 Å². The van der Waals surface area contributed by atoms with Crippen LogP contribution in [0.1, 0.15) is 6.42 Å². The Balaban J connectivity index is 2.33. The maximum absolute atomic E-state index is 12.7. The van der Waals surface area contributed by atoms with Crippen LogP contribution in [0.2, 0.25) is 0 Å². The van der Waals surface area contributed by atoms with Crippen molar-refractivity contribution in [2.45, 2.75) is 18.7 Å². The molecule has 62 valence electrons. The van der Waals surface area contributed by atoms with Gasteiger partial charge in [0, 0.05) is 6.54 Å². The maximum atomic E-state index is 12.7. The molecule has 0 aromatic heterocycles. The van der Waals surface area contributed by atoms with Crippen molar-refractivity contribution in [3.05, 3.63) is 0 Å². The SMILES string of the molecule is O=CBN1CC[C@H](O)[C@@H](F)C1. The summed E-state index contributed by atoms with van der Waals surface area (Å²) in [6, 6.07) is 0. The summed E-state index contributed by atoms with van der Waals surface area (Å²) in [5.41, 5.74) is 0. The molecule has 1 saturated heterocycles. The largest absolute Gasteiger partial charge is 0.390 e. The van der Waals surface area contributed by atoms with E-state index in [1.807, 2.05) is 0 Å². The molecule has 5 heteroatoms. The highest BCUT2D eigenvalue weighted by atomic mass is 19.1. The number of hydrogen-bond donors (Lipinski definition) is 1. The highest BCUT2D eigenvalue weighted by molar-refractivity contribution is 6.64. The van der Waals surface area contributed by atoms with Gasteiger partial charge in [-0.1, -0.05) is 0 Å². The second-order valence-electron chi connectivity index (χ2n) is 2.80. The van der Waals surface area contributed by atoms with E-state index in [-0.39, 0.29) is 14.0 Å². The minimum Gasteiger partial charge on any atom is -0.390 e. The summed E-state index contributed by atoms with van der Waals surface area (Å²) >= 11 is 0. The van der Waals surface area contributed by atoms with Crippen LogP contribution in [-0.4, -0.2) is 48.9 Å². The highest BCUT2D eigenvalue weighted by Crippen LogP contribution is 2.12. The second-order valence-corrected chi connectivity index (χ2v) is 2.80. The van der Waals surface area contributed by atoms with Crippen molar-refractivity contribution >= 4 is 13.6 Å². The Labute approximate surface area is 65.4 Å². The Morgan fingerprint density at radius 3 is 3.00 bits per heavy atom. The van der Waals surface area contributed by atoms with E-state index in [1.54, 1.807) is 4.81 Å². The maximum Gasteiger partial charge on any atom is 0.281 e. The van der Waals surface area contributed by atoms with Gasteiger partial charge in [0.05, 0.1) is 12.3 Å². The zero-order valence-electron chi connectivity index (χ0n) is 6.24. The van der Waals surface area contributed by atoms with Gasteiger partial charge in [-0.25, -0.2) is 4.39 Å². The Morgan fingerprint density at radius 1 is 1.73 bits per heavy atom. The van der Waals surface area contributed by atoms with Crippen LogP contribution < -0.4 is 0 Å². The summed E-state index contributed by atoms with van der Waals surface area (Å²) in [6.07, 6.45) is -0.846. The van der Waals surface area contributed by atoms with E-state index in [4.69, 9.17) is 5.11 Å². The van der Waals surface area contributed by atoms with E-state index in [2.05, 4.69) is 0 Å². The van der Waals surface area contributed by atoms with Crippen LogP contribution in [0.3, 0.4) is 0 Å². The van der Waals surface area contributed by atoms with Crippen LogP contribution in [0.5, 0.6) is 0 Å². The van der Waals surface area contributed by atoms with Crippen LogP contribution in [0.15, 0.2) is 0 Å². The van der Waals surface area contributed by atoms with Crippen LogP contribution in [-0.2, 0) is 4.79 Å². The fourth-order valence-electron chi connectivity index (χ4n) is 1.23. The van der Waals surface area contributed by atoms with E-state index >= 15 is 0 Å². The van der Waals surface area contributed by atoms with Crippen molar-refractivity contribution in [3.63, 3.8) is 0 Å². The minimum absolute atomic E-state index is 0.180. The van der Waals surface area contributed by atoms with Gasteiger partial charge in [-0.15, -0.1) is 0 Å². The van der Waals surface area contributed by atoms with Gasteiger partial charge >= 0.3 is 0 Å². The monoisotopic (exact) mass is 159 g/mol. The molecule has 0 aliphatic carbocycles. The van der Waals surface area contributed by atoms with E-state index < -0.39 is 12.3 Å². The standard InChI is InChI=1S/C6H11BFNO2/c8-5-3-9(7-4-10)2-1-6(5)11/h4-7,11H,1-3H2/t5-,6-/m0/s1. The van der Waals surface area contributed by atoms with Crippen LogP contribution in [0, 0.1) is 0 Å². The third-order valence-electron chi connectivity index (χ3n) is 1.92. The minimum atomic E-state index is -1.19. The average Bonchev–Trinajstić information content (AvgIpc) is 1.98. The molecule has 0 aromatic carbocycles. The van der Waals surface area contributed by atoms with Gasteiger partial charge < -0.3 is 14.7 Å². The molecule has 0 radical (unpaired) electrons. The molecule has 0 bridgehead atoms. The van der Waals surface area contributed by atoms with Crippen molar-refractivity contribution in [3.8, 4) is 0 Å². The van der Waals surface area contributed by atoms with Crippen molar-refractivity contribution < 1.29 is 14.3 Å². The lowest BCUT2D eigenvalue weighted by Gasteiger charge is -2.30. The first kappa shape index (κ1) is 8.68. The molecule has 0 aromatic rings. The van der Waals surface area contributed by atoms with Gasteiger partial charge in [-0.3, -0.25) is 0 Å². The van der Waals surface area contributed by atoms with E-state index in [1.165, 1.54) is 0 Å². The molecule has 0 spiro atoms. The third kappa shape index (κ3) is 2.27. The fraction of sp³-hybridized carbons (Fsp3) is 0.833. The molecule has 1 aliphatic rings. The first-order valence-corrected chi connectivity index (χ1v) is 3.72. The number of halogens is 1. The number of alkyl halides is 1. The molecule has 3 nitrogen and oxygen atoms in total. The van der Waals surface area contributed by atoms with Gasteiger partial charge in [0.25, 0.3) is 7.41 Å². The highest BCUT2D eigenvalue weighted by Gasteiger charge is 2.26. The molecule has 1 heterocycles. The summed E-state index contributed by atoms with van der Waals surface area (Å²) < 4.78 is 12.7. The summed E-state index contributed by atoms with van der Waals surface area (Å²) in [5, 5.41) is 8.97. The lowest BCUT2D eigenvalue weighted by molar-refractivity contribution is 0.0301. The molecule has 1 N–H and O–H groups in total. The van der Waals surface area contributed by atoms with Gasteiger partial charge in [-0.05, 0) is 13.0 Å². The predicted molar refractivity (Wildman–Crippen MR) is 41.0 cm³/mol.